The van der Waals surface area contributed by atoms with Crippen molar-refractivity contribution in [1.82, 2.24) is 5.01 Å². The van der Waals surface area contributed by atoms with E-state index in [1.54, 1.807) is 30.3 Å². The molecule has 8 heteroatoms. The van der Waals surface area contributed by atoms with E-state index in [-0.39, 0.29) is 47.8 Å². The number of hydrogen-bond acceptors (Lipinski definition) is 5. The number of fused-ring (bicyclic) bond motifs is 5. The van der Waals surface area contributed by atoms with Gasteiger partial charge in [0.05, 0.1) is 23.7 Å². The van der Waals surface area contributed by atoms with Crippen LogP contribution in [0.15, 0.2) is 65.8 Å². The topological polar surface area (TPSA) is 88.1 Å². The first kappa shape index (κ1) is 20.1. The van der Waals surface area contributed by atoms with Crippen LogP contribution in [0.3, 0.4) is 0 Å². The van der Waals surface area contributed by atoms with Crippen molar-refractivity contribution >= 4 is 29.6 Å². The van der Waals surface area contributed by atoms with Gasteiger partial charge in [0.1, 0.15) is 11.6 Å². The molecule has 3 aliphatic rings. The highest BCUT2D eigenvalue weighted by atomic mass is 19.1. The molecule has 2 aliphatic carbocycles. The van der Waals surface area contributed by atoms with E-state index in [2.05, 4.69) is 10.4 Å². The second-order valence-electron chi connectivity index (χ2n) is 8.12. The Morgan fingerprint density at radius 2 is 1.72 bits per heavy atom. The Kier molecular flexibility index (Phi) is 5.05. The van der Waals surface area contributed by atoms with Crippen molar-refractivity contribution in [3.05, 3.63) is 72.1 Å². The van der Waals surface area contributed by atoms with Crippen LogP contribution in [0.5, 0.6) is 5.75 Å². The molecule has 2 aromatic rings. The molecule has 0 aromatic heterocycles. The molecule has 2 fully saturated rings. The predicted octanol–water partition coefficient (Wildman–Crippen LogP) is 2.98. The summed E-state index contributed by atoms with van der Waals surface area (Å²) in [5.41, 5.74) is 0.763. The fraction of sp³-hybridized carbons (Fsp3) is 0.250. The molecule has 0 radical (unpaired) electrons. The molecule has 162 valence electrons. The number of amides is 3. The van der Waals surface area contributed by atoms with Gasteiger partial charge in [0.2, 0.25) is 0 Å². The number of carbonyl (C=O) groups excluding carboxylic acids is 3. The number of hydrogen-bond donors (Lipinski definition) is 1. The number of carbonyl (C=O) groups is 3. The standard InChI is InChI=1S/C24H20FN3O4/c25-18-3-1-2-4-19(18)27-20(29)13-32-17-9-5-14(6-10-17)12-26-28-23(30)21-15-7-8-16(11-15)22(21)24(28)31/h1-10,12,15-16,21-22H,11,13H2,(H,27,29)/t15-,16-,21-,22+/m0/s1. The van der Waals surface area contributed by atoms with E-state index in [4.69, 9.17) is 4.74 Å². The van der Waals surface area contributed by atoms with Gasteiger partial charge in [0.15, 0.2) is 6.61 Å². The van der Waals surface area contributed by atoms with Crippen molar-refractivity contribution in [1.29, 1.82) is 0 Å². The molecule has 3 amide bonds. The number of halogens is 1. The van der Waals surface area contributed by atoms with Crippen LogP contribution in [0.25, 0.3) is 0 Å². The maximum Gasteiger partial charge on any atom is 0.262 e. The quantitative estimate of drug-likeness (QED) is 0.431. The predicted molar refractivity (Wildman–Crippen MR) is 114 cm³/mol. The first-order valence-electron chi connectivity index (χ1n) is 10.4. The third kappa shape index (κ3) is 3.57. The third-order valence-corrected chi connectivity index (χ3v) is 6.17. The molecule has 1 heterocycles. The number of allylic oxidation sites excluding steroid dienone is 2. The number of ether oxygens (including phenoxy) is 1. The summed E-state index contributed by atoms with van der Waals surface area (Å²) in [6, 6.07) is 12.6. The minimum Gasteiger partial charge on any atom is -0.484 e. The number of nitrogens with one attached hydrogen (secondary N) is 1. The molecular formula is C24H20FN3O4. The van der Waals surface area contributed by atoms with Gasteiger partial charge in [-0.05, 0) is 60.2 Å². The van der Waals surface area contributed by atoms with Crippen LogP contribution >= 0.6 is 0 Å². The van der Waals surface area contributed by atoms with Crippen molar-refractivity contribution in [2.75, 3.05) is 11.9 Å². The Bertz CT molecular complexity index is 1110. The summed E-state index contributed by atoms with van der Waals surface area (Å²) in [7, 11) is 0. The van der Waals surface area contributed by atoms with Crippen molar-refractivity contribution in [3.63, 3.8) is 0 Å². The molecule has 4 atom stereocenters. The molecule has 1 aliphatic heterocycles. The summed E-state index contributed by atoms with van der Waals surface area (Å²) in [5, 5.41) is 7.58. The van der Waals surface area contributed by atoms with E-state index >= 15 is 0 Å². The van der Waals surface area contributed by atoms with Crippen molar-refractivity contribution in [2.45, 2.75) is 6.42 Å². The van der Waals surface area contributed by atoms with E-state index in [1.165, 1.54) is 24.4 Å². The van der Waals surface area contributed by atoms with Crippen LogP contribution < -0.4 is 10.1 Å². The average Bonchev–Trinajstić information content (AvgIpc) is 3.48. The molecule has 2 aromatic carbocycles. The van der Waals surface area contributed by atoms with E-state index in [1.807, 2.05) is 12.2 Å². The van der Waals surface area contributed by atoms with Crippen molar-refractivity contribution in [3.8, 4) is 5.75 Å². The minimum atomic E-state index is -0.521. The number of imide groups is 1. The number of rotatable bonds is 6. The molecule has 32 heavy (non-hydrogen) atoms. The lowest BCUT2D eigenvalue weighted by Crippen LogP contribution is -2.28. The fourth-order valence-corrected chi connectivity index (χ4v) is 4.67. The highest BCUT2D eigenvalue weighted by molar-refractivity contribution is 6.06. The molecule has 0 unspecified atom stereocenters. The lowest BCUT2D eigenvalue weighted by atomic mass is 9.85. The number of hydrazone groups is 1. The van der Waals surface area contributed by atoms with Gasteiger partial charge < -0.3 is 10.1 Å². The number of benzene rings is 2. The molecule has 2 bridgehead atoms. The van der Waals surface area contributed by atoms with Crippen LogP contribution in [0, 0.1) is 29.5 Å². The maximum atomic E-state index is 13.6. The molecule has 1 saturated carbocycles. The van der Waals surface area contributed by atoms with Gasteiger partial charge in [-0.3, -0.25) is 14.4 Å². The van der Waals surface area contributed by atoms with Gasteiger partial charge in [-0.25, -0.2) is 4.39 Å². The normalized spacial score (nSPS) is 25.6. The first-order valence-corrected chi connectivity index (χ1v) is 10.4. The van der Waals surface area contributed by atoms with E-state index in [9.17, 15) is 18.8 Å². The summed E-state index contributed by atoms with van der Waals surface area (Å²) >= 11 is 0. The van der Waals surface area contributed by atoms with E-state index in [0.29, 0.717) is 11.3 Å². The highest BCUT2D eigenvalue weighted by Gasteiger charge is 2.59. The molecule has 7 nitrogen and oxygen atoms in total. The Hall–Kier alpha value is -3.81. The lowest BCUT2D eigenvalue weighted by molar-refractivity contribution is -0.140. The Labute approximate surface area is 183 Å². The van der Waals surface area contributed by atoms with Gasteiger partial charge in [-0.15, -0.1) is 0 Å². The fourth-order valence-electron chi connectivity index (χ4n) is 4.67. The highest BCUT2D eigenvalue weighted by Crippen LogP contribution is 2.52. The van der Waals surface area contributed by atoms with Crippen LogP contribution in [0.4, 0.5) is 10.1 Å². The monoisotopic (exact) mass is 433 g/mol. The van der Waals surface area contributed by atoms with Gasteiger partial charge in [-0.2, -0.15) is 10.1 Å². The lowest BCUT2D eigenvalue weighted by Gasteiger charge is -2.13. The maximum absolute atomic E-state index is 13.6. The van der Waals surface area contributed by atoms with Crippen molar-refractivity contribution < 1.29 is 23.5 Å². The van der Waals surface area contributed by atoms with Crippen LogP contribution in [-0.2, 0) is 14.4 Å². The van der Waals surface area contributed by atoms with Crippen LogP contribution in [0.2, 0.25) is 0 Å². The smallest absolute Gasteiger partial charge is 0.262 e. The Morgan fingerprint density at radius 1 is 1.06 bits per heavy atom. The Morgan fingerprint density at radius 3 is 2.38 bits per heavy atom. The van der Waals surface area contributed by atoms with Gasteiger partial charge >= 0.3 is 0 Å². The van der Waals surface area contributed by atoms with E-state index < -0.39 is 11.7 Å². The molecule has 1 N–H and O–H groups in total. The summed E-state index contributed by atoms with van der Waals surface area (Å²) in [6.07, 6.45) is 6.42. The molecule has 5 rings (SSSR count). The summed E-state index contributed by atoms with van der Waals surface area (Å²) in [5.74, 6) is -1.28. The van der Waals surface area contributed by atoms with Crippen LogP contribution in [0.1, 0.15) is 12.0 Å². The zero-order valence-corrected chi connectivity index (χ0v) is 17.0. The summed E-state index contributed by atoms with van der Waals surface area (Å²) < 4.78 is 19.0. The third-order valence-electron chi connectivity index (χ3n) is 6.17. The second kappa shape index (κ2) is 8.03. The van der Waals surface area contributed by atoms with Crippen molar-refractivity contribution in [2.24, 2.45) is 28.8 Å². The molecule has 0 spiro atoms. The summed E-state index contributed by atoms with van der Waals surface area (Å²) in [4.78, 5) is 37.2. The molecular weight excluding hydrogens is 413 g/mol. The van der Waals surface area contributed by atoms with Gasteiger partial charge in [-0.1, -0.05) is 24.3 Å². The second-order valence-corrected chi connectivity index (χ2v) is 8.12. The SMILES string of the molecule is O=C(COc1ccc(C=NN2C(=O)[C@@H]3[C@H](C2=O)[C@H]2C=C[C@H]3C2)cc1)Nc1ccccc1F. The molecule has 1 saturated heterocycles. The van der Waals surface area contributed by atoms with E-state index in [0.717, 1.165) is 11.4 Å². The first-order chi connectivity index (χ1) is 15.5. The average molecular weight is 433 g/mol. The number of para-hydroxylation sites is 1. The zero-order valence-electron chi connectivity index (χ0n) is 17.0. The van der Waals surface area contributed by atoms with Gasteiger partial charge in [0.25, 0.3) is 17.7 Å². The number of nitrogens with zero attached hydrogens (tertiary/aromatic N) is 2. The number of anilines is 1. The van der Waals surface area contributed by atoms with Crippen LogP contribution in [-0.4, -0.2) is 35.6 Å². The largest absolute Gasteiger partial charge is 0.484 e. The minimum absolute atomic E-state index is 0.0894. The Balaban J connectivity index is 1.16. The zero-order chi connectivity index (χ0) is 22.2. The summed E-state index contributed by atoms with van der Waals surface area (Å²) in [6.45, 7) is -0.280. The van der Waals surface area contributed by atoms with Gasteiger partial charge in [0, 0.05) is 0 Å².